The summed E-state index contributed by atoms with van der Waals surface area (Å²) in [5, 5.41) is 6.32. The zero-order chi connectivity index (χ0) is 28.0. The maximum absolute atomic E-state index is 4.86. The van der Waals surface area contributed by atoms with Crippen LogP contribution in [0.2, 0.25) is 0 Å². The van der Waals surface area contributed by atoms with Gasteiger partial charge < -0.3 is 4.57 Å². The zero-order valence-corrected chi connectivity index (χ0v) is 23.6. The third kappa shape index (κ3) is 3.07. The molecule has 0 unspecified atom stereocenters. The highest BCUT2D eigenvalue weighted by Gasteiger charge is 2.38. The van der Waals surface area contributed by atoms with Gasteiger partial charge in [-0.15, -0.1) is 0 Å². The largest absolute Gasteiger partial charge is 0.309 e. The number of hydrogen-bond acceptors (Lipinski definition) is 1. The van der Waals surface area contributed by atoms with E-state index in [4.69, 9.17) is 4.98 Å². The predicted molar refractivity (Wildman–Crippen MR) is 177 cm³/mol. The second-order valence-electron chi connectivity index (χ2n) is 12.0. The molecule has 0 N–H and O–H groups in total. The first-order valence-corrected chi connectivity index (χ1v) is 14.6. The predicted octanol–water partition coefficient (Wildman–Crippen LogP) is 10.5. The van der Waals surface area contributed by atoms with Crippen LogP contribution in [-0.2, 0) is 5.41 Å². The first-order valence-electron chi connectivity index (χ1n) is 14.6. The Kier molecular flexibility index (Phi) is 4.70. The number of fused-ring (bicyclic) bond motifs is 11. The van der Waals surface area contributed by atoms with Crippen LogP contribution >= 0.6 is 0 Å². The summed E-state index contributed by atoms with van der Waals surface area (Å²) < 4.78 is 2.40. The van der Waals surface area contributed by atoms with Gasteiger partial charge in [0.25, 0.3) is 0 Å². The summed E-state index contributed by atoms with van der Waals surface area (Å²) in [6.45, 7) is 4.74. The summed E-state index contributed by atoms with van der Waals surface area (Å²) in [4.78, 5) is 4.86. The molecule has 0 saturated carbocycles. The molecule has 0 atom stereocenters. The summed E-state index contributed by atoms with van der Waals surface area (Å²) in [5.41, 5.74) is 12.5. The van der Waals surface area contributed by atoms with Crippen LogP contribution in [0, 0.1) is 0 Å². The van der Waals surface area contributed by atoms with Crippen LogP contribution < -0.4 is 0 Å². The first-order chi connectivity index (χ1) is 20.6. The van der Waals surface area contributed by atoms with E-state index >= 15 is 0 Å². The smallest absolute Gasteiger partial charge is 0.0783 e. The number of aromatic nitrogens is 2. The number of benzene rings is 6. The minimum Gasteiger partial charge on any atom is -0.309 e. The first kappa shape index (κ1) is 23.5. The Bertz CT molecular complexity index is 2340. The van der Waals surface area contributed by atoms with Gasteiger partial charge in [0.1, 0.15) is 0 Å². The van der Waals surface area contributed by atoms with Gasteiger partial charge in [0.15, 0.2) is 0 Å². The number of para-hydroxylation sites is 2. The Balaban J connectivity index is 1.25. The Morgan fingerprint density at radius 2 is 1.19 bits per heavy atom. The standard InChI is InChI=1S/C40H28N2/c1-40(2)34-24-26(20-21-32(34)37-30-15-3-4-16-31(30)39-33(38(37)40)17-10-22-41-39)25-11-9-12-27(23-25)42-35-18-7-5-13-28(35)29-14-6-8-19-36(29)42/h3-24H,1-2H3. The van der Waals surface area contributed by atoms with E-state index in [-0.39, 0.29) is 5.41 Å². The van der Waals surface area contributed by atoms with Gasteiger partial charge in [-0.25, -0.2) is 0 Å². The fraction of sp³-hybridized carbons (Fsp3) is 0.0750. The normalized spacial score (nSPS) is 13.7. The molecule has 0 bridgehead atoms. The van der Waals surface area contributed by atoms with Crippen LogP contribution in [0.4, 0.5) is 0 Å². The van der Waals surface area contributed by atoms with E-state index in [9.17, 15) is 0 Å². The van der Waals surface area contributed by atoms with Gasteiger partial charge in [0, 0.05) is 38.8 Å². The Hall–Kier alpha value is -5.21. The minimum absolute atomic E-state index is 0.156. The van der Waals surface area contributed by atoms with Gasteiger partial charge in [-0.05, 0) is 75.2 Å². The van der Waals surface area contributed by atoms with Crippen molar-refractivity contribution in [3.8, 4) is 27.9 Å². The average molecular weight is 537 g/mol. The highest BCUT2D eigenvalue weighted by atomic mass is 15.0. The topological polar surface area (TPSA) is 17.8 Å². The summed E-state index contributed by atoms with van der Waals surface area (Å²) in [7, 11) is 0. The van der Waals surface area contributed by atoms with Crippen molar-refractivity contribution in [3.05, 3.63) is 145 Å². The maximum atomic E-state index is 4.86. The molecular formula is C40H28N2. The summed E-state index contributed by atoms with van der Waals surface area (Å²) in [6.07, 6.45) is 1.92. The highest BCUT2D eigenvalue weighted by Crippen LogP contribution is 2.54. The van der Waals surface area contributed by atoms with E-state index in [0.717, 1.165) is 5.52 Å². The molecule has 2 heterocycles. The van der Waals surface area contributed by atoms with Gasteiger partial charge in [-0.3, -0.25) is 4.98 Å². The number of nitrogens with zero attached hydrogens (tertiary/aromatic N) is 2. The third-order valence-electron chi connectivity index (χ3n) is 9.38. The molecule has 1 aliphatic rings. The van der Waals surface area contributed by atoms with Gasteiger partial charge >= 0.3 is 0 Å². The second kappa shape index (κ2) is 8.41. The van der Waals surface area contributed by atoms with Gasteiger partial charge in [0.2, 0.25) is 0 Å². The zero-order valence-electron chi connectivity index (χ0n) is 23.6. The van der Waals surface area contributed by atoms with Gasteiger partial charge in [-0.1, -0.05) is 105 Å². The molecule has 8 aromatic rings. The monoisotopic (exact) mass is 536 g/mol. The number of rotatable bonds is 2. The van der Waals surface area contributed by atoms with Crippen molar-refractivity contribution >= 4 is 43.5 Å². The molecular weight excluding hydrogens is 508 g/mol. The lowest BCUT2D eigenvalue weighted by molar-refractivity contribution is 0.666. The molecule has 2 nitrogen and oxygen atoms in total. The Morgan fingerprint density at radius 1 is 0.548 bits per heavy atom. The van der Waals surface area contributed by atoms with Gasteiger partial charge in [-0.2, -0.15) is 0 Å². The molecule has 42 heavy (non-hydrogen) atoms. The van der Waals surface area contributed by atoms with Gasteiger partial charge in [0.05, 0.1) is 16.6 Å². The van der Waals surface area contributed by atoms with Crippen LogP contribution in [0.3, 0.4) is 0 Å². The molecule has 6 aromatic carbocycles. The molecule has 0 saturated heterocycles. The lowest BCUT2D eigenvalue weighted by atomic mass is 9.79. The summed E-state index contributed by atoms with van der Waals surface area (Å²) in [5.74, 6) is 0. The second-order valence-corrected chi connectivity index (χ2v) is 12.0. The molecule has 2 heteroatoms. The molecule has 0 fully saturated rings. The molecule has 9 rings (SSSR count). The number of hydrogen-bond donors (Lipinski definition) is 0. The molecule has 1 aliphatic carbocycles. The summed E-state index contributed by atoms with van der Waals surface area (Å²) in [6, 6.07) is 46.5. The SMILES string of the molecule is CC1(C)c2cc(-c3cccc(-n4c5ccccc5c5ccccc54)c3)ccc2-c2c1c1cccnc1c1ccccc21. The van der Waals surface area contributed by atoms with E-state index < -0.39 is 0 Å². The van der Waals surface area contributed by atoms with Crippen LogP contribution in [0.15, 0.2) is 134 Å². The van der Waals surface area contributed by atoms with Crippen molar-refractivity contribution in [1.29, 1.82) is 0 Å². The Labute approximate surface area is 244 Å². The maximum Gasteiger partial charge on any atom is 0.0783 e. The van der Waals surface area contributed by atoms with Crippen molar-refractivity contribution in [2.75, 3.05) is 0 Å². The molecule has 198 valence electrons. The van der Waals surface area contributed by atoms with E-state index in [2.05, 4.69) is 146 Å². The van der Waals surface area contributed by atoms with Crippen LogP contribution in [0.1, 0.15) is 25.0 Å². The molecule has 0 aliphatic heterocycles. The highest BCUT2D eigenvalue weighted by molar-refractivity contribution is 6.17. The molecule has 0 amide bonds. The van der Waals surface area contributed by atoms with Crippen molar-refractivity contribution in [3.63, 3.8) is 0 Å². The number of pyridine rings is 1. The fourth-order valence-electron chi connectivity index (χ4n) is 7.55. The van der Waals surface area contributed by atoms with Crippen molar-refractivity contribution < 1.29 is 0 Å². The molecule has 2 aromatic heterocycles. The van der Waals surface area contributed by atoms with E-state index in [1.165, 1.54) is 77.0 Å². The Morgan fingerprint density at radius 3 is 1.95 bits per heavy atom. The van der Waals surface area contributed by atoms with Crippen LogP contribution in [0.25, 0.3) is 71.4 Å². The lowest BCUT2D eigenvalue weighted by Crippen LogP contribution is -2.16. The molecule has 0 radical (unpaired) electrons. The fourth-order valence-corrected chi connectivity index (χ4v) is 7.55. The lowest BCUT2D eigenvalue weighted by Gasteiger charge is -2.24. The van der Waals surface area contributed by atoms with E-state index in [1.54, 1.807) is 0 Å². The molecule has 0 spiro atoms. The van der Waals surface area contributed by atoms with Crippen molar-refractivity contribution in [1.82, 2.24) is 9.55 Å². The van der Waals surface area contributed by atoms with Crippen LogP contribution in [0.5, 0.6) is 0 Å². The quantitative estimate of drug-likeness (QED) is 0.201. The van der Waals surface area contributed by atoms with E-state index in [0.29, 0.717) is 0 Å². The van der Waals surface area contributed by atoms with Crippen molar-refractivity contribution in [2.45, 2.75) is 19.3 Å². The van der Waals surface area contributed by atoms with E-state index in [1.807, 2.05) is 6.20 Å². The van der Waals surface area contributed by atoms with Crippen molar-refractivity contribution in [2.24, 2.45) is 0 Å². The summed E-state index contributed by atoms with van der Waals surface area (Å²) >= 11 is 0. The minimum atomic E-state index is -0.156. The van der Waals surface area contributed by atoms with Crippen LogP contribution in [-0.4, -0.2) is 9.55 Å². The third-order valence-corrected chi connectivity index (χ3v) is 9.38. The average Bonchev–Trinajstić information content (AvgIpc) is 3.50.